The maximum absolute atomic E-state index is 14.1. The standard InChI is InChI=1S/C19H15F2NO2/c1-12(23)22-17(13-8-4-3-5-9-13)16-14-10-6-7-11-15(14)24-18(16)19(2,20)21/h3-11H,1-2H3. The topological polar surface area (TPSA) is 42.6 Å². The van der Waals surface area contributed by atoms with Gasteiger partial charge in [-0.3, -0.25) is 4.79 Å². The molecule has 5 heteroatoms. The zero-order chi connectivity index (χ0) is 17.3. The molecule has 1 amide bonds. The largest absolute Gasteiger partial charge is 0.454 e. The SMILES string of the molecule is CC(=O)N=C(c1ccccc1)c1c(C(C)(F)F)oc2ccccc12. The second-order valence-electron chi connectivity index (χ2n) is 5.54. The van der Waals surface area contributed by atoms with E-state index >= 15 is 0 Å². The smallest absolute Gasteiger partial charge is 0.302 e. The Bertz CT molecular complexity index is 921. The Labute approximate surface area is 137 Å². The third-order valence-corrected chi connectivity index (χ3v) is 3.55. The molecule has 0 bridgehead atoms. The van der Waals surface area contributed by atoms with E-state index in [4.69, 9.17) is 4.42 Å². The minimum absolute atomic E-state index is 0.152. The molecule has 122 valence electrons. The summed E-state index contributed by atoms with van der Waals surface area (Å²) in [5.74, 6) is -4.17. The number of rotatable bonds is 3. The third kappa shape index (κ3) is 2.97. The van der Waals surface area contributed by atoms with Crippen LogP contribution in [0.4, 0.5) is 8.78 Å². The molecule has 0 fully saturated rings. The normalized spacial score (nSPS) is 12.6. The summed E-state index contributed by atoms with van der Waals surface area (Å²) < 4.78 is 33.7. The first-order valence-corrected chi connectivity index (χ1v) is 7.43. The molecule has 0 atom stereocenters. The highest BCUT2D eigenvalue weighted by atomic mass is 19.3. The monoisotopic (exact) mass is 327 g/mol. The summed E-state index contributed by atoms with van der Waals surface area (Å²) in [5.41, 5.74) is 1.24. The van der Waals surface area contributed by atoms with E-state index in [-0.39, 0.29) is 11.3 Å². The molecule has 24 heavy (non-hydrogen) atoms. The van der Waals surface area contributed by atoms with E-state index in [1.54, 1.807) is 54.6 Å². The lowest BCUT2D eigenvalue weighted by atomic mass is 9.97. The van der Waals surface area contributed by atoms with Crippen LogP contribution in [0.15, 0.2) is 64.0 Å². The van der Waals surface area contributed by atoms with E-state index in [1.807, 2.05) is 0 Å². The molecule has 0 saturated carbocycles. The Morgan fingerprint density at radius 1 is 1.04 bits per heavy atom. The van der Waals surface area contributed by atoms with Gasteiger partial charge in [-0.05, 0) is 6.07 Å². The second kappa shape index (κ2) is 6.00. The van der Waals surface area contributed by atoms with E-state index < -0.39 is 17.6 Å². The number of carbonyl (C=O) groups is 1. The van der Waals surface area contributed by atoms with Crippen molar-refractivity contribution in [1.82, 2.24) is 0 Å². The van der Waals surface area contributed by atoms with Crippen LogP contribution < -0.4 is 0 Å². The molecular weight excluding hydrogens is 312 g/mol. The van der Waals surface area contributed by atoms with Crippen molar-refractivity contribution >= 4 is 22.6 Å². The molecule has 0 radical (unpaired) electrons. The van der Waals surface area contributed by atoms with Crippen molar-refractivity contribution in [1.29, 1.82) is 0 Å². The van der Waals surface area contributed by atoms with Gasteiger partial charge in [0, 0.05) is 24.8 Å². The van der Waals surface area contributed by atoms with Crippen LogP contribution in [0.5, 0.6) is 0 Å². The second-order valence-corrected chi connectivity index (χ2v) is 5.54. The number of furan rings is 1. The van der Waals surface area contributed by atoms with Gasteiger partial charge < -0.3 is 4.42 Å². The predicted octanol–water partition coefficient (Wildman–Crippen LogP) is 4.93. The molecule has 0 N–H and O–H groups in total. The van der Waals surface area contributed by atoms with E-state index in [9.17, 15) is 13.6 Å². The van der Waals surface area contributed by atoms with Gasteiger partial charge in [0.05, 0.1) is 11.3 Å². The number of alkyl halides is 2. The number of amides is 1. The summed E-state index contributed by atoms with van der Waals surface area (Å²) in [5, 5.41) is 0.498. The van der Waals surface area contributed by atoms with Gasteiger partial charge in [-0.25, -0.2) is 4.99 Å². The van der Waals surface area contributed by atoms with Crippen LogP contribution >= 0.6 is 0 Å². The summed E-state index contributed by atoms with van der Waals surface area (Å²) in [7, 11) is 0. The Hall–Kier alpha value is -2.82. The summed E-state index contributed by atoms with van der Waals surface area (Å²) in [4.78, 5) is 15.6. The summed E-state index contributed by atoms with van der Waals surface area (Å²) in [6, 6.07) is 15.5. The van der Waals surface area contributed by atoms with Crippen LogP contribution in [0.2, 0.25) is 0 Å². The lowest BCUT2D eigenvalue weighted by Gasteiger charge is -2.12. The molecular formula is C19H15F2NO2. The number of benzene rings is 2. The molecule has 3 aromatic rings. The fourth-order valence-corrected chi connectivity index (χ4v) is 2.61. The van der Waals surface area contributed by atoms with Crippen molar-refractivity contribution < 1.29 is 18.0 Å². The van der Waals surface area contributed by atoms with Crippen LogP contribution in [0.25, 0.3) is 11.0 Å². The lowest BCUT2D eigenvalue weighted by Crippen LogP contribution is -2.14. The van der Waals surface area contributed by atoms with Crippen molar-refractivity contribution in [2.75, 3.05) is 0 Å². The van der Waals surface area contributed by atoms with Gasteiger partial charge in [-0.2, -0.15) is 8.78 Å². The highest BCUT2D eigenvalue weighted by molar-refractivity contribution is 6.22. The number of fused-ring (bicyclic) bond motifs is 1. The summed E-state index contributed by atoms with van der Waals surface area (Å²) >= 11 is 0. The zero-order valence-electron chi connectivity index (χ0n) is 13.2. The van der Waals surface area contributed by atoms with Gasteiger partial charge in [-0.15, -0.1) is 0 Å². The van der Waals surface area contributed by atoms with Crippen molar-refractivity contribution in [2.24, 2.45) is 4.99 Å². The van der Waals surface area contributed by atoms with Crippen molar-refractivity contribution in [3.8, 4) is 0 Å². The number of carbonyl (C=O) groups excluding carboxylic acids is 1. The first kappa shape index (κ1) is 16.1. The average Bonchev–Trinajstić information content (AvgIpc) is 2.93. The molecule has 0 unspecified atom stereocenters. The average molecular weight is 327 g/mol. The van der Waals surface area contributed by atoms with Gasteiger partial charge in [0.25, 0.3) is 0 Å². The molecule has 2 aromatic carbocycles. The van der Waals surface area contributed by atoms with Crippen molar-refractivity contribution in [3.63, 3.8) is 0 Å². The minimum Gasteiger partial charge on any atom is -0.454 e. The molecule has 0 aliphatic heterocycles. The molecule has 3 rings (SSSR count). The van der Waals surface area contributed by atoms with Gasteiger partial charge in [0.1, 0.15) is 5.58 Å². The van der Waals surface area contributed by atoms with E-state index in [0.29, 0.717) is 16.5 Å². The van der Waals surface area contributed by atoms with E-state index in [2.05, 4.69) is 4.99 Å². The van der Waals surface area contributed by atoms with E-state index in [0.717, 1.165) is 6.92 Å². The Morgan fingerprint density at radius 2 is 1.67 bits per heavy atom. The summed E-state index contributed by atoms with van der Waals surface area (Å²) in [6.45, 7) is 2.06. The third-order valence-electron chi connectivity index (χ3n) is 3.55. The number of hydrogen-bond donors (Lipinski definition) is 0. The van der Waals surface area contributed by atoms with Gasteiger partial charge in [-0.1, -0.05) is 48.5 Å². The molecule has 1 heterocycles. The highest BCUT2D eigenvalue weighted by Crippen LogP contribution is 2.38. The van der Waals surface area contributed by atoms with Crippen LogP contribution in [-0.2, 0) is 10.7 Å². The fraction of sp³-hybridized carbons (Fsp3) is 0.158. The lowest BCUT2D eigenvalue weighted by molar-refractivity contribution is -0.115. The molecule has 3 nitrogen and oxygen atoms in total. The predicted molar refractivity (Wildman–Crippen MR) is 88.5 cm³/mol. The minimum atomic E-state index is -3.21. The first-order chi connectivity index (χ1) is 11.4. The summed E-state index contributed by atoms with van der Waals surface area (Å²) in [6.07, 6.45) is 0. The molecule has 0 aliphatic carbocycles. The van der Waals surface area contributed by atoms with Crippen LogP contribution in [0.3, 0.4) is 0 Å². The van der Waals surface area contributed by atoms with Gasteiger partial charge >= 0.3 is 5.92 Å². The number of para-hydroxylation sites is 1. The van der Waals surface area contributed by atoms with Crippen LogP contribution in [-0.4, -0.2) is 11.6 Å². The number of aliphatic imine (C=N–C) groups is 1. The molecule has 0 spiro atoms. The van der Waals surface area contributed by atoms with Crippen LogP contribution in [0.1, 0.15) is 30.7 Å². The van der Waals surface area contributed by atoms with E-state index in [1.165, 1.54) is 6.92 Å². The Morgan fingerprint density at radius 3 is 2.29 bits per heavy atom. The van der Waals surface area contributed by atoms with Gasteiger partial charge in [0.15, 0.2) is 5.76 Å². The first-order valence-electron chi connectivity index (χ1n) is 7.43. The zero-order valence-corrected chi connectivity index (χ0v) is 13.2. The van der Waals surface area contributed by atoms with Crippen molar-refractivity contribution in [2.45, 2.75) is 19.8 Å². The number of nitrogens with zero attached hydrogens (tertiary/aromatic N) is 1. The van der Waals surface area contributed by atoms with Crippen molar-refractivity contribution in [3.05, 3.63) is 71.5 Å². The maximum Gasteiger partial charge on any atom is 0.302 e. The Balaban J connectivity index is 2.38. The quantitative estimate of drug-likeness (QED) is 0.640. The Kier molecular flexibility index (Phi) is 4.01. The highest BCUT2D eigenvalue weighted by Gasteiger charge is 2.35. The van der Waals surface area contributed by atoms with Gasteiger partial charge in [0.2, 0.25) is 5.91 Å². The molecule has 1 aromatic heterocycles. The molecule has 0 saturated heterocycles. The number of halogens is 2. The number of hydrogen-bond acceptors (Lipinski definition) is 2. The van der Waals surface area contributed by atoms with Crippen LogP contribution in [0, 0.1) is 0 Å². The molecule has 0 aliphatic rings. The fourth-order valence-electron chi connectivity index (χ4n) is 2.61. The maximum atomic E-state index is 14.1.